The molecule has 0 aliphatic heterocycles. The molecular weight excluding hydrogens is 190 g/mol. The Bertz CT molecular complexity index is 300. The molecule has 0 spiro atoms. The first kappa shape index (κ1) is 11.9. The number of rotatable bonds is 6. The second kappa shape index (κ2) is 6.30. The maximum Gasteiger partial charge on any atom is 0.161 e. The smallest absolute Gasteiger partial charge is 0.161 e. The minimum atomic E-state index is 0.652. The van der Waals surface area contributed by atoms with Crippen molar-refractivity contribution in [1.82, 2.24) is 0 Å². The van der Waals surface area contributed by atoms with Crippen molar-refractivity contribution in [2.24, 2.45) is 5.73 Å². The fourth-order valence-corrected chi connectivity index (χ4v) is 1.37. The summed E-state index contributed by atoms with van der Waals surface area (Å²) in [4.78, 5) is 0. The predicted octanol–water partition coefficient (Wildman–Crippen LogP) is 1.99. The van der Waals surface area contributed by atoms with E-state index in [2.05, 4.69) is 6.92 Å². The van der Waals surface area contributed by atoms with Gasteiger partial charge in [-0.1, -0.05) is 13.0 Å². The zero-order chi connectivity index (χ0) is 11.1. The zero-order valence-electron chi connectivity index (χ0n) is 9.45. The number of hydrogen-bond donors (Lipinski definition) is 1. The molecule has 0 aliphatic rings. The number of nitrogens with two attached hydrogens (primary N) is 1. The van der Waals surface area contributed by atoms with E-state index < -0.39 is 0 Å². The van der Waals surface area contributed by atoms with E-state index in [1.54, 1.807) is 7.11 Å². The van der Waals surface area contributed by atoms with Crippen LogP contribution < -0.4 is 15.2 Å². The van der Waals surface area contributed by atoms with Crippen LogP contribution in [0.4, 0.5) is 0 Å². The standard InChI is InChI=1S/C12H19NO2/c1-3-8-15-12-9-10(6-7-13)4-5-11(12)14-2/h4-5,9H,3,6-8,13H2,1-2H3. The molecule has 15 heavy (non-hydrogen) atoms. The molecular formula is C12H19NO2. The van der Waals surface area contributed by atoms with E-state index in [0.29, 0.717) is 13.2 Å². The number of methoxy groups -OCH3 is 1. The minimum Gasteiger partial charge on any atom is -0.493 e. The molecule has 0 saturated heterocycles. The van der Waals surface area contributed by atoms with Crippen LogP contribution in [-0.4, -0.2) is 20.3 Å². The summed E-state index contributed by atoms with van der Waals surface area (Å²) in [6.45, 7) is 3.44. The molecule has 0 aliphatic carbocycles. The van der Waals surface area contributed by atoms with Gasteiger partial charge in [-0.2, -0.15) is 0 Å². The van der Waals surface area contributed by atoms with Crippen LogP contribution >= 0.6 is 0 Å². The van der Waals surface area contributed by atoms with Gasteiger partial charge < -0.3 is 15.2 Å². The lowest BCUT2D eigenvalue weighted by Gasteiger charge is -2.11. The molecule has 1 aromatic carbocycles. The molecule has 0 amide bonds. The fraction of sp³-hybridized carbons (Fsp3) is 0.500. The molecule has 0 bridgehead atoms. The Kier molecular flexibility index (Phi) is 4.98. The average molecular weight is 209 g/mol. The van der Waals surface area contributed by atoms with E-state index >= 15 is 0 Å². The Labute approximate surface area is 91.2 Å². The number of ether oxygens (including phenoxy) is 2. The Morgan fingerprint density at radius 3 is 2.67 bits per heavy atom. The van der Waals surface area contributed by atoms with Gasteiger partial charge in [0.25, 0.3) is 0 Å². The summed E-state index contributed by atoms with van der Waals surface area (Å²) in [5.74, 6) is 1.59. The Balaban J connectivity index is 2.81. The van der Waals surface area contributed by atoms with E-state index in [0.717, 1.165) is 24.3 Å². The largest absolute Gasteiger partial charge is 0.493 e. The lowest BCUT2D eigenvalue weighted by Crippen LogP contribution is -2.04. The maximum atomic E-state index is 5.60. The molecule has 84 valence electrons. The average Bonchev–Trinajstić information content (AvgIpc) is 2.27. The van der Waals surface area contributed by atoms with Crippen molar-refractivity contribution in [1.29, 1.82) is 0 Å². The number of hydrogen-bond acceptors (Lipinski definition) is 3. The first-order chi connectivity index (χ1) is 7.31. The van der Waals surface area contributed by atoms with Crippen molar-refractivity contribution in [3.05, 3.63) is 23.8 Å². The van der Waals surface area contributed by atoms with E-state index in [1.165, 1.54) is 5.56 Å². The maximum absolute atomic E-state index is 5.60. The van der Waals surface area contributed by atoms with Gasteiger partial charge in [0.05, 0.1) is 13.7 Å². The van der Waals surface area contributed by atoms with Gasteiger partial charge in [-0.25, -0.2) is 0 Å². The van der Waals surface area contributed by atoms with Gasteiger partial charge in [0.1, 0.15) is 0 Å². The van der Waals surface area contributed by atoms with Crippen LogP contribution in [0.5, 0.6) is 11.5 Å². The molecule has 0 fully saturated rings. The molecule has 0 saturated carbocycles. The van der Waals surface area contributed by atoms with Crippen LogP contribution in [0.15, 0.2) is 18.2 Å². The first-order valence-corrected chi connectivity index (χ1v) is 5.31. The highest BCUT2D eigenvalue weighted by Crippen LogP contribution is 2.28. The van der Waals surface area contributed by atoms with Crippen molar-refractivity contribution in [2.45, 2.75) is 19.8 Å². The third kappa shape index (κ3) is 3.44. The summed E-state index contributed by atoms with van der Waals surface area (Å²) in [5.41, 5.74) is 6.69. The molecule has 3 heteroatoms. The van der Waals surface area contributed by atoms with Gasteiger partial charge in [-0.15, -0.1) is 0 Å². The van der Waals surface area contributed by atoms with Crippen LogP contribution in [0.25, 0.3) is 0 Å². The lowest BCUT2D eigenvalue weighted by molar-refractivity contribution is 0.294. The quantitative estimate of drug-likeness (QED) is 0.779. The number of benzene rings is 1. The molecule has 0 radical (unpaired) electrons. The second-order valence-electron chi connectivity index (χ2n) is 3.37. The highest BCUT2D eigenvalue weighted by Gasteiger charge is 2.04. The SMILES string of the molecule is CCCOc1cc(CCN)ccc1OC. The molecule has 0 aromatic heterocycles. The molecule has 0 heterocycles. The normalized spacial score (nSPS) is 10.1. The highest BCUT2D eigenvalue weighted by molar-refractivity contribution is 5.43. The lowest BCUT2D eigenvalue weighted by atomic mass is 10.1. The molecule has 2 N–H and O–H groups in total. The molecule has 0 unspecified atom stereocenters. The summed E-state index contributed by atoms with van der Waals surface area (Å²) >= 11 is 0. The Hall–Kier alpha value is -1.22. The van der Waals surface area contributed by atoms with Gasteiger partial charge in [-0.05, 0) is 37.1 Å². The summed E-state index contributed by atoms with van der Waals surface area (Å²) < 4.78 is 10.8. The van der Waals surface area contributed by atoms with Crippen LogP contribution in [0.3, 0.4) is 0 Å². The van der Waals surface area contributed by atoms with Crippen LogP contribution in [0.2, 0.25) is 0 Å². The van der Waals surface area contributed by atoms with Gasteiger partial charge in [0.2, 0.25) is 0 Å². The van der Waals surface area contributed by atoms with Crippen LogP contribution in [0, 0.1) is 0 Å². The van der Waals surface area contributed by atoms with Crippen molar-refractivity contribution in [2.75, 3.05) is 20.3 Å². The summed E-state index contributed by atoms with van der Waals surface area (Å²) in [6.07, 6.45) is 1.86. The van der Waals surface area contributed by atoms with Crippen molar-refractivity contribution < 1.29 is 9.47 Å². The van der Waals surface area contributed by atoms with Crippen LogP contribution in [0.1, 0.15) is 18.9 Å². The van der Waals surface area contributed by atoms with E-state index in [4.69, 9.17) is 15.2 Å². The topological polar surface area (TPSA) is 44.5 Å². The minimum absolute atomic E-state index is 0.652. The summed E-state index contributed by atoms with van der Waals surface area (Å²) in [7, 11) is 1.65. The third-order valence-corrected chi connectivity index (χ3v) is 2.12. The fourth-order valence-electron chi connectivity index (χ4n) is 1.37. The predicted molar refractivity (Wildman–Crippen MR) is 61.5 cm³/mol. The van der Waals surface area contributed by atoms with E-state index in [9.17, 15) is 0 Å². The third-order valence-electron chi connectivity index (χ3n) is 2.12. The molecule has 0 atom stereocenters. The Morgan fingerprint density at radius 1 is 1.27 bits per heavy atom. The Morgan fingerprint density at radius 2 is 2.07 bits per heavy atom. The molecule has 3 nitrogen and oxygen atoms in total. The van der Waals surface area contributed by atoms with Crippen molar-refractivity contribution in [3.63, 3.8) is 0 Å². The van der Waals surface area contributed by atoms with Gasteiger partial charge in [-0.3, -0.25) is 0 Å². The van der Waals surface area contributed by atoms with Gasteiger partial charge in [0, 0.05) is 0 Å². The first-order valence-electron chi connectivity index (χ1n) is 5.31. The summed E-state index contributed by atoms with van der Waals surface area (Å²) in [6, 6.07) is 5.95. The zero-order valence-corrected chi connectivity index (χ0v) is 9.45. The van der Waals surface area contributed by atoms with Gasteiger partial charge in [0.15, 0.2) is 11.5 Å². The van der Waals surface area contributed by atoms with E-state index in [-0.39, 0.29) is 0 Å². The monoisotopic (exact) mass is 209 g/mol. The molecule has 1 aromatic rings. The van der Waals surface area contributed by atoms with Crippen LogP contribution in [-0.2, 0) is 6.42 Å². The van der Waals surface area contributed by atoms with Crippen molar-refractivity contribution >= 4 is 0 Å². The van der Waals surface area contributed by atoms with E-state index in [1.807, 2.05) is 18.2 Å². The van der Waals surface area contributed by atoms with Gasteiger partial charge >= 0.3 is 0 Å². The molecule has 1 rings (SSSR count). The highest BCUT2D eigenvalue weighted by atomic mass is 16.5. The van der Waals surface area contributed by atoms with Crippen molar-refractivity contribution in [3.8, 4) is 11.5 Å². The summed E-state index contributed by atoms with van der Waals surface area (Å²) in [5, 5.41) is 0. The second-order valence-corrected chi connectivity index (χ2v) is 3.37.